The van der Waals surface area contributed by atoms with E-state index in [0.717, 1.165) is 13.0 Å². The molecule has 1 N–H and O–H groups in total. The fourth-order valence-electron chi connectivity index (χ4n) is 5.71. The minimum Gasteiger partial charge on any atom is -0.361 e. The number of anilines is 1. The zero-order valence-corrected chi connectivity index (χ0v) is 18.1. The van der Waals surface area contributed by atoms with Gasteiger partial charge in [0.15, 0.2) is 0 Å². The Balaban J connectivity index is 1.25. The summed E-state index contributed by atoms with van der Waals surface area (Å²) in [5.41, 5.74) is 5.92. The van der Waals surface area contributed by atoms with Gasteiger partial charge in [-0.05, 0) is 48.4 Å². The molecule has 1 saturated heterocycles. The van der Waals surface area contributed by atoms with Gasteiger partial charge in [-0.15, -0.1) is 0 Å². The van der Waals surface area contributed by atoms with E-state index in [1.807, 2.05) is 35.2 Å². The maximum atomic E-state index is 12.8. The standard InChI is InChI=1S/C26H26N4O2/c1-28-13-17(10-21-20-8-5-9-22-26(20)18(12-27-22)11-23(21)28)14-29-15-24(31)30(25(32)16-29)19-6-3-2-4-7-19/h2-10,12,17,23,27H,11,13-16H2,1H3/t17-,23-/m1/s1. The number of nitrogens with zero attached hydrogens (tertiary/aromatic N) is 3. The Kier molecular flexibility index (Phi) is 4.52. The minimum absolute atomic E-state index is 0.151. The van der Waals surface area contributed by atoms with E-state index in [2.05, 4.69) is 47.4 Å². The lowest BCUT2D eigenvalue weighted by Gasteiger charge is -2.41. The number of rotatable bonds is 3. The molecule has 2 aliphatic heterocycles. The summed E-state index contributed by atoms with van der Waals surface area (Å²) in [6, 6.07) is 16.1. The van der Waals surface area contributed by atoms with Crippen LogP contribution in [0.15, 0.2) is 60.8 Å². The van der Waals surface area contributed by atoms with Crippen LogP contribution in [0.2, 0.25) is 0 Å². The number of hydrogen-bond acceptors (Lipinski definition) is 4. The van der Waals surface area contributed by atoms with E-state index in [-0.39, 0.29) is 30.8 Å². The Hall–Kier alpha value is -3.22. The molecule has 6 rings (SSSR count). The van der Waals surface area contributed by atoms with E-state index in [0.29, 0.717) is 18.3 Å². The smallest absolute Gasteiger partial charge is 0.247 e. The number of benzene rings is 2. The lowest BCUT2D eigenvalue weighted by atomic mass is 9.80. The zero-order valence-electron chi connectivity index (χ0n) is 18.1. The number of likely N-dealkylation sites (N-methyl/N-ethyl adjacent to an activating group) is 1. The fourth-order valence-corrected chi connectivity index (χ4v) is 5.71. The zero-order chi connectivity index (χ0) is 21.8. The molecule has 1 aromatic heterocycles. The predicted octanol–water partition coefficient (Wildman–Crippen LogP) is 2.91. The molecule has 2 atom stereocenters. The van der Waals surface area contributed by atoms with Gasteiger partial charge >= 0.3 is 0 Å². The van der Waals surface area contributed by atoms with Crippen LogP contribution in [0.25, 0.3) is 16.5 Å². The summed E-state index contributed by atoms with van der Waals surface area (Å²) in [5.74, 6) is -0.0334. The SMILES string of the molecule is CN1C[C@H](CN2CC(=O)N(c3ccccc3)C(=O)C2)C=C2c3cccc4[nH]cc(c34)C[C@H]21. The van der Waals surface area contributed by atoms with Crippen molar-refractivity contribution in [2.24, 2.45) is 5.92 Å². The third kappa shape index (κ3) is 3.10. The molecule has 0 spiro atoms. The second-order valence-electron chi connectivity index (χ2n) is 9.21. The molecule has 6 nitrogen and oxygen atoms in total. The maximum absolute atomic E-state index is 12.8. The number of amides is 2. The van der Waals surface area contributed by atoms with Crippen molar-refractivity contribution >= 4 is 34.0 Å². The van der Waals surface area contributed by atoms with Gasteiger partial charge in [0.05, 0.1) is 18.8 Å². The van der Waals surface area contributed by atoms with Crippen LogP contribution in [0.3, 0.4) is 0 Å². The number of para-hydroxylation sites is 1. The largest absolute Gasteiger partial charge is 0.361 e. The molecule has 0 bridgehead atoms. The van der Waals surface area contributed by atoms with Crippen LogP contribution >= 0.6 is 0 Å². The van der Waals surface area contributed by atoms with Gasteiger partial charge in [0, 0.05) is 42.1 Å². The van der Waals surface area contributed by atoms with Crippen LogP contribution < -0.4 is 4.90 Å². The van der Waals surface area contributed by atoms with Crippen molar-refractivity contribution in [3.8, 4) is 0 Å². The molecule has 3 aliphatic rings. The van der Waals surface area contributed by atoms with E-state index in [1.165, 1.54) is 32.5 Å². The first-order chi connectivity index (χ1) is 15.6. The maximum Gasteiger partial charge on any atom is 0.247 e. The third-order valence-corrected chi connectivity index (χ3v) is 7.06. The summed E-state index contributed by atoms with van der Waals surface area (Å²) in [6.45, 7) is 2.16. The van der Waals surface area contributed by atoms with Crippen molar-refractivity contribution in [3.05, 3.63) is 71.9 Å². The van der Waals surface area contributed by atoms with Crippen LogP contribution in [-0.2, 0) is 16.0 Å². The number of H-pyrrole nitrogens is 1. The molecule has 162 valence electrons. The molecule has 1 fully saturated rings. The molecule has 2 aromatic carbocycles. The lowest BCUT2D eigenvalue weighted by Crippen LogP contribution is -2.56. The quantitative estimate of drug-likeness (QED) is 0.655. The number of aromatic amines is 1. The molecule has 3 aromatic rings. The van der Waals surface area contributed by atoms with Gasteiger partial charge in [-0.2, -0.15) is 0 Å². The highest BCUT2D eigenvalue weighted by Gasteiger charge is 2.36. The number of aromatic nitrogens is 1. The molecule has 0 radical (unpaired) electrons. The Bertz CT molecular complexity index is 1230. The number of fused-ring (bicyclic) bond motifs is 2. The Morgan fingerprint density at radius 2 is 1.78 bits per heavy atom. The number of carbonyl (C=O) groups is 2. The summed E-state index contributed by atoms with van der Waals surface area (Å²) >= 11 is 0. The Morgan fingerprint density at radius 3 is 2.56 bits per heavy atom. The second kappa shape index (κ2) is 7.43. The van der Waals surface area contributed by atoms with E-state index < -0.39 is 0 Å². The summed E-state index contributed by atoms with van der Waals surface area (Å²) in [7, 11) is 2.19. The summed E-state index contributed by atoms with van der Waals surface area (Å²) in [5, 5.41) is 1.34. The summed E-state index contributed by atoms with van der Waals surface area (Å²) < 4.78 is 0. The summed E-state index contributed by atoms with van der Waals surface area (Å²) in [4.78, 5) is 34.8. The molecule has 32 heavy (non-hydrogen) atoms. The number of carbonyl (C=O) groups excluding carboxylic acids is 2. The molecular formula is C26H26N4O2. The average molecular weight is 427 g/mol. The van der Waals surface area contributed by atoms with Crippen LogP contribution in [0, 0.1) is 5.92 Å². The lowest BCUT2D eigenvalue weighted by molar-refractivity contribution is -0.132. The van der Waals surface area contributed by atoms with Crippen LogP contribution in [0.4, 0.5) is 5.69 Å². The normalized spacial score (nSPS) is 24.0. The number of hydrogen-bond donors (Lipinski definition) is 1. The van der Waals surface area contributed by atoms with Crippen LogP contribution in [0.5, 0.6) is 0 Å². The van der Waals surface area contributed by atoms with Crippen molar-refractivity contribution in [1.82, 2.24) is 14.8 Å². The molecular weight excluding hydrogens is 400 g/mol. The fraction of sp³-hybridized carbons (Fsp3) is 0.308. The first-order valence-electron chi connectivity index (χ1n) is 11.2. The number of nitrogens with one attached hydrogen (secondary N) is 1. The predicted molar refractivity (Wildman–Crippen MR) is 125 cm³/mol. The molecule has 2 amide bonds. The second-order valence-corrected chi connectivity index (χ2v) is 9.21. The average Bonchev–Trinajstić information content (AvgIpc) is 3.19. The van der Waals surface area contributed by atoms with E-state index >= 15 is 0 Å². The van der Waals surface area contributed by atoms with Gasteiger partial charge in [-0.3, -0.25) is 19.4 Å². The van der Waals surface area contributed by atoms with Gasteiger partial charge < -0.3 is 4.98 Å². The highest BCUT2D eigenvalue weighted by molar-refractivity contribution is 6.17. The molecule has 3 heterocycles. The highest BCUT2D eigenvalue weighted by atomic mass is 16.2. The first kappa shape index (κ1) is 19.5. The number of imide groups is 1. The Labute approximate surface area is 187 Å². The van der Waals surface area contributed by atoms with Crippen molar-refractivity contribution < 1.29 is 9.59 Å². The van der Waals surface area contributed by atoms with E-state index in [4.69, 9.17) is 0 Å². The van der Waals surface area contributed by atoms with Gasteiger partial charge in [0.2, 0.25) is 11.8 Å². The molecule has 6 heteroatoms. The van der Waals surface area contributed by atoms with Crippen molar-refractivity contribution in [3.63, 3.8) is 0 Å². The molecule has 0 unspecified atom stereocenters. The third-order valence-electron chi connectivity index (χ3n) is 7.06. The topological polar surface area (TPSA) is 59.6 Å². The van der Waals surface area contributed by atoms with Crippen LogP contribution in [-0.4, -0.2) is 65.9 Å². The van der Waals surface area contributed by atoms with Gasteiger partial charge in [0.1, 0.15) is 0 Å². The summed E-state index contributed by atoms with van der Waals surface area (Å²) in [6.07, 6.45) is 5.56. The molecule has 1 aliphatic carbocycles. The Morgan fingerprint density at radius 1 is 1.00 bits per heavy atom. The monoisotopic (exact) mass is 426 g/mol. The van der Waals surface area contributed by atoms with Crippen molar-refractivity contribution in [2.75, 3.05) is 38.1 Å². The van der Waals surface area contributed by atoms with Gasteiger partial charge in [-0.1, -0.05) is 36.4 Å². The van der Waals surface area contributed by atoms with E-state index in [1.54, 1.807) is 0 Å². The molecule has 0 saturated carbocycles. The van der Waals surface area contributed by atoms with Gasteiger partial charge in [0.25, 0.3) is 0 Å². The minimum atomic E-state index is -0.151. The first-order valence-corrected chi connectivity index (χ1v) is 11.2. The van der Waals surface area contributed by atoms with Gasteiger partial charge in [-0.25, -0.2) is 4.90 Å². The van der Waals surface area contributed by atoms with Crippen molar-refractivity contribution in [2.45, 2.75) is 12.5 Å². The van der Waals surface area contributed by atoms with E-state index in [9.17, 15) is 9.59 Å². The van der Waals surface area contributed by atoms with Crippen LogP contribution in [0.1, 0.15) is 11.1 Å². The highest BCUT2D eigenvalue weighted by Crippen LogP contribution is 2.40. The number of piperazine rings is 1. The van der Waals surface area contributed by atoms with Crippen molar-refractivity contribution in [1.29, 1.82) is 0 Å².